The third-order valence-corrected chi connectivity index (χ3v) is 1.10. The van der Waals surface area contributed by atoms with Crippen LogP contribution >= 0.6 is 0 Å². The quantitative estimate of drug-likeness (QED) is 0.343. The van der Waals surface area contributed by atoms with Gasteiger partial charge in [0.25, 0.3) is 12.9 Å². The van der Waals surface area contributed by atoms with Crippen LogP contribution in [0.25, 0.3) is 0 Å². The minimum Gasteiger partial charge on any atom is -0.483 e. The molecule has 1 fully saturated rings. The van der Waals surface area contributed by atoms with Crippen molar-refractivity contribution in [1.29, 1.82) is 0 Å². The summed E-state index contributed by atoms with van der Waals surface area (Å²) >= 11 is 0. The Kier molecular flexibility index (Phi) is 14.0. The maximum absolute atomic E-state index is 8.36. The van der Waals surface area contributed by atoms with Gasteiger partial charge in [-0.05, 0) is 13.0 Å². The molecule has 0 aromatic carbocycles. The predicted octanol–water partition coefficient (Wildman–Crippen LogP) is -1.29. The van der Waals surface area contributed by atoms with E-state index in [1.807, 2.05) is 0 Å². The highest BCUT2D eigenvalue weighted by Crippen LogP contribution is 1.90. The molecule has 0 aliphatic carbocycles. The van der Waals surface area contributed by atoms with E-state index in [0.717, 1.165) is 19.5 Å². The lowest BCUT2D eigenvalue weighted by Crippen LogP contribution is -2.21. The Morgan fingerprint density at radius 3 is 1.83 bits per heavy atom. The fourth-order valence-electron chi connectivity index (χ4n) is 0.677. The first-order chi connectivity index (χ1) is 5.72. The number of nitrogens with two attached hydrogens (primary N) is 1. The summed E-state index contributed by atoms with van der Waals surface area (Å²) in [5.41, 5.74) is 5.47. The number of nitrogens with one attached hydrogen (secondary N) is 1. The molecule has 6 nitrogen and oxygen atoms in total. The van der Waals surface area contributed by atoms with Gasteiger partial charge in [0.1, 0.15) is 0 Å². The smallest absolute Gasteiger partial charge is 0.290 e. The molecule has 0 bridgehead atoms. The Bertz CT molecular complexity index is 97.7. The first-order valence-electron chi connectivity index (χ1n) is 3.34. The summed E-state index contributed by atoms with van der Waals surface area (Å²) in [6.45, 7) is 1.63. The monoisotopic (exact) mass is 178 g/mol. The molecule has 12 heavy (non-hydrogen) atoms. The molecule has 0 aromatic heterocycles. The molecule has 0 radical (unpaired) electrons. The molecule has 1 rings (SSSR count). The number of hydrogen-bond donors (Lipinski definition) is 4. The fraction of sp³-hybridized carbons (Fsp3) is 0.667. The van der Waals surface area contributed by atoms with E-state index in [4.69, 9.17) is 25.5 Å². The van der Waals surface area contributed by atoms with Crippen LogP contribution in [-0.2, 0) is 9.59 Å². The molecular weight excluding hydrogens is 164 g/mol. The summed E-state index contributed by atoms with van der Waals surface area (Å²) in [7, 11) is 0. The van der Waals surface area contributed by atoms with Crippen molar-refractivity contribution >= 4 is 12.9 Å². The van der Waals surface area contributed by atoms with E-state index in [1.54, 1.807) is 0 Å². The number of carbonyl (C=O) groups is 2. The molecule has 1 atom stereocenters. The van der Waals surface area contributed by atoms with Gasteiger partial charge in [0, 0.05) is 12.6 Å². The van der Waals surface area contributed by atoms with Crippen LogP contribution in [0.3, 0.4) is 0 Å². The molecule has 1 saturated heterocycles. The molecule has 0 spiro atoms. The summed E-state index contributed by atoms with van der Waals surface area (Å²) in [4.78, 5) is 16.7. The minimum absolute atomic E-state index is 0.250. The molecular formula is C6H14N2O4. The van der Waals surface area contributed by atoms with E-state index in [0.29, 0.717) is 6.04 Å². The van der Waals surface area contributed by atoms with Gasteiger partial charge in [0.15, 0.2) is 0 Å². The van der Waals surface area contributed by atoms with Gasteiger partial charge < -0.3 is 21.3 Å². The SMILES string of the molecule is NC1CCNC1.O=CO.O=CO. The number of hydrogen-bond acceptors (Lipinski definition) is 4. The highest BCUT2D eigenvalue weighted by atomic mass is 16.3. The summed E-state index contributed by atoms with van der Waals surface area (Å²) < 4.78 is 0. The predicted molar refractivity (Wildman–Crippen MR) is 42.8 cm³/mol. The molecule has 0 saturated carbocycles. The van der Waals surface area contributed by atoms with Crippen LogP contribution in [0.4, 0.5) is 0 Å². The van der Waals surface area contributed by atoms with Crippen LogP contribution in [0.1, 0.15) is 6.42 Å². The van der Waals surface area contributed by atoms with Crippen LogP contribution in [0.15, 0.2) is 0 Å². The summed E-state index contributed by atoms with van der Waals surface area (Å²) in [5.74, 6) is 0. The van der Waals surface area contributed by atoms with Gasteiger partial charge in [-0.2, -0.15) is 0 Å². The second-order valence-electron chi connectivity index (χ2n) is 1.96. The second-order valence-corrected chi connectivity index (χ2v) is 1.96. The van der Waals surface area contributed by atoms with Crippen molar-refractivity contribution in [2.75, 3.05) is 13.1 Å². The normalized spacial score (nSPS) is 19.2. The Morgan fingerprint density at radius 1 is 1.33 bits per heavy atom. The summed E-state index contributed by atoms with van der Waals surface area (Å²) in [6.07, 6.45) is 1.15. The highest BCUT2D eigenvalue weighted by molar-refractivity contribution is 5.32. The van der Waals surface area contributed by atoms with Gasteiger partial charge in [0.05, 0.1) is 0 Å². The summed E-state index contributed by atoms with van der Waals surface area (Å²) in [5, 5.41) is 16.9. The second kappa shape index (κ2) is 12.5. The zero-order valence-electron chi connectivity index (χ0n) is 6.64. The van der Waals surface area contributed by atoms with Crippen molar-refractivity contribution in [3.63, 3.8) is 0 Å². The lowest BCUT2D eigenvalue weighted by molar-refractivity contribution is -0.123. The van der Waals surface area contributed by atoms with Crippen LogP contribution < -0.4 is 11.1 Å². The van der Waals surface area contributed by atoms with Crippen molar-refractivity contribution in [1.82, 2.24) is 5.32 Å². The van der Waals surface area contributed by atoms with Crippen molar-refractivity contribution in [3.8, 4) is 0 Å². The zero-order valence-corrected chi connectivity index (χ0v) is 6.64. The van der Waals surface area contributed by atoms with Crippen LogP contribution in [0, 0.1) is 0 Å². The molecule has 1 heterocycles. The van der Waals surface area contributed by atoms with Crippen LogP contribution in [0.5, 0.6) is 0 Å². The van der Waals surface area contributed by atoms with Crippen molar-refractivity contribution in [2.24, 2.45) is 5.73 Å². The Balaban J connectivity index is 0. The van der Waals surface area contributed by atoms with E-state index in [2.05, 4.69) is 5.32 Å². The average molecular weight is 178 g/mol. The van der Waals surface area contributed by atoms with Crippen LogP contribution in [0.2, 0.25) is 0 Å². The van der Waals surface area contributed by atoms with Gasteiger partial charge >= 0.3 is 0 Å². The molecule has 6 heteroatoms. The minimum atomic E-state index is -0.250. The Hall–Kier alpha value is -1.14. The highest BCUT2D eigenvalue weighted by Gasteiger charge is 2.06. The lowest BCUT2D eigenvalue weighted by Gasteiger charge is -1.91. The van der Waals surface area contributed by atoms with E-state index in [-0.39, 0.29) is 12.9 Å². The molecule has 0 amide bonds. The lowest BCUT2D eigenvalue weighted by atomic mass is 10.3. The van der Waals surface area contributed by atoms with Gasteiger partial charge in [-0.3, -0.25) is 9.59 Å². The maximum atomic E-state index is 8.36. The van der Waals surface area contributed by atoms with Crippen molar-refractivity contribution in [2.45, 2.75) is 12.5 Å². The van der Waals surface area contributed by atoms with E-state index in [1.165, 1.54) is 0 Å². The van der Waals surface area contributed by atoms with Crippen molar-refractivity contribution in [3.05, 3.63) is 0 Å². The fourth-order valence-corrected chi connectivity index (χ4v) is 0.677. The first-order valence-corrected chi connectivity index (χ1v) is 3.34. The van der Waals surface area contributed by atoms with E-state index < -0.39 is 0 Å². The molecule has 5 N–H and O–H groups in total. The third kappa shape index (κ3) is 15.9. The first kappa shape index (κ1) is 13.4. The number of carboxylic acid groups (broad SMARTS) is 2. The standard InChI is InChI=1S/C4H10N2.2CH2O2/c5-4-1-2-6-3-4;2*2-1-3/h4,6H,1-3,5H2;2*1H,(H,2,3). The topological polar surface area (TPSA) is 113 Å². The van der Waals surface area contributed by atoms with Gasteiger partial charge in [-0.1, -0.05) is 0 Å². The number of rotatable bonds is 0. The molecule has 1 aliphatic rings. The van der Waals surface area contributed by atoms with Crippen molar-refractivity contribution < 1.29 is 19.8 Å². The molecule has 72 valence electrons. The van der Waals surface area contributed by atoms with Gasteiger partial charge in [0.2, 0.25) is 0 Å². The van der Waals surface area contributed by atoms with Crippen LogP contribution in [-0.4, -0.2) is 42.3 Å². The molecule has 0 aromatic rings. The average Bonchev–Trinajstić information content (AvgIpc) is 2.43. The Morgan fingerprint density at radius 2 is 1.75 bits per heavy atom. The largest absolute Gasteiger partial charge is 0.483 e. The molecule has 1 unspecified atom stereocenters. The summed E-state index contributed by atoms with van der Waals surface area (Å²) in [6, 6.07) is 0.435. The van der Waals surface area contributed by atoms with Gasteiger partial charge in [-0.15, -0.1) is 0 Å². The van der Waals surface area contributed by atoms with E-state index >= 15 is 0 Å². The third-order valence-electron chi connectivity index (χ3n) is 1.10. The van der Waals surface area contributed by atoms with Gasteiger partial charge in [-0.25, -0.2) is 0 Å². The van der Waals surface area contributed by atoms with E-state index in [9.17, 15) is 0 Å². The molecule has 1 aliphatic heterocycles. The zero-order chi connectivity index (χ0) is 9.82. The maximum Gasteiger partial charge on any atom is 0.290 e. The Labute approximate surface area is 70.4 Å².